The lowest BCUT2D eigenvalue weighted by Crippen LogP contribution is -1.98. The van der Waals surface area contributed by atoms with E-state index in [1.807, 2.05) is 13.8 Å². The van der Waals surface area contributed by atoms with Crippen molar-refractivity contribution in [2.24, 2.45) is 0 Å². The van der Waals surface area contributed by atoms with E-state index in [2.05, 4.69) is 0 Å². The van der Waals surface area contributed by atoms with Crippen LogP contribution in [-0.2, 0) is 0 Å². The van der Waals surface area contributed by atoms with Crippen LogP contribution in [0.25, 0.3) is 0 Å². The van der Waals surface area contributed by atoms with Gasteiger partial charge < -0.3 is 0 Å². The molecule has 0 N–H and O–H groups in total. The molecule has 0 saturated heterocycles. The topological polar surface area (TPSA) is 0 Å². The quantitative estimate of drug-likeness (QED) is 0.670. The monoisotopic (exact) mass is 183 g/mol. The zero-order valence-corrected chi connectivity index (χ0v) is 7.90. The van der Waals surface area contributed by atoms with E-state index in [4.69, 9.17) is 0 Å². The SMILES string of the molecule is CCC[C](C)c1cc(F)ccc1F. The van der Waals surface area contributed by atoms with Crippen LogP contribution in [0.4, 0.5) is 8.78 Å². The molecule has 71 valence electrons. The molecule has 0 aliphatic heterocycles. The molecule has 1 aromatic carbocycles. The number of hydrogen-bond donors (Lipinski definition) is 0. The average Bonchev–Trinajstić information content (AvgIpc) is 2.09. The van der Waals surface area contributed by atoms with E-state index in [1.165, 1.54) is 12.1 Å². The maximum Gasteiger partial charge on any atom is 0.127 e. The summed E-state index contributed by atoms with van der Waals surface area (Å²) in [6.45, 7) is 3.85. The highest BCUT2D eigenvalue weighted by Gasteiger charge is 2.11. The van der Waals surface area contributed by atoms with Crippen LogP contribution in [0.15, 0.2) is 18.2 Å². The Labute approximate surface area is 77.6 Å². The molecule has 0 aliphatic rings. The lowest BCUT2D eigenvalue weighted by atomic mass is 9.96. The fourth-order valence-corrected chi connectivity index (χ4v) is 1.33. The van der Waals surface area contributed by atoms with Gasteiger partial charge in [0.1, 0.15) is 11.6 Å². The van der Waals surface area contributed by atoms with Gasteiger partial charge in [0.05, 0.1) is 0 Å². The molecule has 0 aliphatic carbocycles. The van der Waals surface area contributed by atoms with E-state index in [0.717, 1.165) is 24.8 Å². The van der Waals surface area contributed by atoms with Crippen LogP contribution in [0.2, 0.25) is 0 Å². The van der Waals surface area contributed by atoms with Crippen molar-refractivity contribution in [3.8, 4) is 0 Å². The van der Waals surface area contributed by atoms with E-state index in [9.17, 15) is 8.78 Å². The van der Waals surface area contributed by atoms with Crippen LogP contribution in [0.1, 0.15) is 32.3 Å². The lowest BCUT2D eigenvalue weighted by Gasteiger charge is -2.10. The summed E-state index contributed by atoms with van der Waals surface area (Å²) in [5.41, 5.74) is 0.404. The van der Waals surface area contributed by atoms with Crippen LogP contribution in [0.5, 0.6) is 0 Å². The minimum Gasteiger partial charge on any atom is -0.207 e. The van der Waals surface area contributed by atoms with E-state index in [-0.39, 0.29) is 11.6 Å². The van der Waals surface area contributed by atoms with Crippen LogP contribution >= 0.6 is 0 Å². The third-order valence-electron chi connectivity index (χ3n) is 2.01. The minimum atomic E-state index is -0.383. The normalized spacial score (nSPS) is 10.8. The van der Waals surface area contributed by atoms with Gasteiger partial charge in [-0.25, -0.2) is 8.78 Å². The molecule has 0 saturated carbocycles. The molecule has 0 atom stereocenters. The van der Waals surface area contributed by atoms with Crippen LogP contribution in [-0.4, -0.2) is 0 Å². The molecular weight excluding hydrogens is 170 g/mol. The first-order valence-electron chi connectivity index (χ1n) is 4.43. The molecule has 0 aromatic heterocycles. The van der Waals surface area contributed by atoms with Crippen molar-refractivity contribution in [1.29, 1.82) is 0 Å². The number of halogens is 2. The molecule has 2 heteroatoms. The minimum absolute atomic E-state index is 0.340. The predicted molar refractivity (Wildman–Crippen MR) is 49.3 cm³/mol. The molecule has 1 radical (unpaired) electrons. The molecule has 0 fully saturated rings. The summed E-state index contributed by atoms with van der Waals surface area (Å²) in [6, 6.07) is 3.56. The Balaban J connectivity index is 2.91. The summed E-state index contributed by atoms with van der Waals surface area (Å²) in [5, 5.41) is 0. The number of benzene rings is 1. The van der Waals surface area contributed by atoms with Crippen LogP contribution in [0.3, 0.4) is 0 Å². The second kappa shape index (κ2) is 4.35. The molecule has 13 heavy (non-hydrogen) atoms. The van der Waals surface area contributed by atoms with Crippen molar-refractivity contribution >= 4 is 0 Å². The van der Waals surface area contributed by atoms with Crippen molar-refractivity contribution in [3.05, 3.63) is 41.3 Å². The second-order valence-electron chi connectivity index (χ2n) is 3.15. The van der Waals surface area contributed by atoms with Gasteiger partial charge in [0.2, 0.25) is 0 Å². The Hall–Kier alpha value is -0.920. The van der Waals surface area contributed by atoms with Crippen molar-refractivity contribution in [2.75, 3.05) is 0 Å². The van der Waals surface area contributed by atoms with Crippen LogP contribution < -0.4 is 0 Å². The van der Waals surface area contributed by atoms with E-state index in [0.29, 0.717) is 5.56 Å². The molecule has 0 nitrogen and oxygen atoms in total. The Bertz CT molecular complexity index is 281. The van der Waals surface area contributed by atoms with Crippen LogP contribution in [0, 0.1) is 17.6 Å². The van der Waals surface area contributed by atoms with Gasteiger partial charge >= 0.3 is 0 Å². The Kier molecular flexibility index (Phi) is 3.40. The zero-order valence-electron chi connectivity index (χ0n) is 7.90. The Morgan fingerprint density at radius 1 is 1.31 bits per heavy atom. The van der Waals surface area contributed by atoms with E-state index < -0.39 is 0 Å². The summed E-state index contributed by atoms with van der Waals surface area (Å²) < 4.78 is 25.9. The largest absolute Gasteiger partial charge is 0.207 e. The third-order valence-corrected chi connectivity index (χ3v) is 2.01. The molecule has 1 rings (SSSR count). The van der Waals surface area contributed by atoms with Gasteiger partial charge in [-0.1, -0.05) is 20.3 Å². The highest BCUT2D eigenvalue weighted by molar-refractivity contribution is 5.31. The molecular formula is C11H13F2. The second-order valence-corrected chi connectivity index (χ2v) is 3.15. The standard InChI is InChI=1S/C11H13F2/c1-3-4-8(2)10-7-9(12)5-6-11(10)13/h5-7H,3-4H2,1-2H3. The summed E-state index contributed by atoms with van der Waals surface area (Å²) in [7, 11) is 0. The maximum absolute atomic E-state index is 13.2. The highest BCUT2D eigenvalue weighted by atomic mass is 19.1. The fourth-order valence-electron chi connectivity index (χ4n) is 1.33. The van der Waals surface area contributed by atoms with Gasteiger partial charge in [-0.2, -0.15) is 0 Å². The molecule has 0 amide bonds. The molecule has 1 aromatic rings. The summed E-state index contributed by atoms with van der Waals surface area (Å²) in [6.07, 6.45) is 1.75. The third kappa shape index (κ3) is 2.51. The first-order chi connectivity index (χ1) is 6.15. The summed E-state index contributed by atoms with van der Waals surface area (Å²) >= 11 is 0. The van der Waals surface area contributed by atoms with Gasteiger partial charge in [0.15, 0.2) is 0 Å². The zero-order chi connectivity index (χ0) is 9.84. The smallest absolute Gasteiger partial charge is 0.127 e. The first-order valence-corrected chi connectivity index (χ1v) is 4.43. The maximum atomic E-state index is 13.2. The van der Waals surface area contributed by atoms with Gasteiger partial charge in [-0.05, 0) is 30.2 Å². The Morgan fingerprint density at radius 2 is 2.00 bits per heavy atom. The van der Waals surface area contributed by atoms with Gasteiger partial charge in [-0.15, -0.1) is 0 Å². The van der Waals surface area contributed by atoms with E-state index >= 15 is 0 Å². The van der Waals surface area contributed by atoms with Gasteiger partial charge in [0.25, 0.3) is 0 Å². The molecule has 0 spiro atoms. The fraction of sp³-hybridized carbons (Fsp3) is 0.364. The summed E-state index contributed by atoms with van der Waals surface area (Å²) in [5.74, 6) is 0.179. The lowest BCUT2D eigenvalue weighted by molar-refractivity contribution is 0.586. The predicted octanol–water partition coefficient (Wildman–Crippen LogP) is 3.71. The van der Waals surface area contributed by atoms with E-state index in [1.54, 1.807) is 0 Å². The summed E-state index contributed by atoms with van der Waals surface area (Å²) in [4.78, 5) is 0. The highest BCUT2D eigenvalue weighted by Crippen LogP contribution is 2.22. The first kappa shape index (κ1) is 10.2. The van der Waals surface area contributed by atoms with Gasteiger partial charge in [0, 0.05) is 5.92 Å². The molecule has 0 unspecified atom stereocenters. The number of hydrogen-bond acceptors (Lipinski definition) is 0. The Morgan fingerprint density at radius 3 is 2.62 bits per heavy atom. The van der Waals surface area contributed by atoms with Gasteiger partial charge in [-0.3, -0.25) is 0 Å². The van der Waals surface area contributed by atoms with Crippen molar-refractivity contribution < 1.29 is 8.78 Å². The molecule has 0 heterocycles. The van der Waals surface area contributed by atoms with Crippen molar-refractivity contribution in [3.63, 3.8) is 0 Å². The van der Waals surface area contributed by atoms with Crippen molar-refractivity contribution in [1.82, 2.24) is 0 Å². The molecule has 0 bridgehead atoms. The average molecular weight is 183 g/mol. The van der Waals surface area contributed by atoms with Crippen molar-refractivity contribution in [2.45, 2.75) is 26.7 Å². The number of rotatable bonds is 3.